The molecule has 2 saturated heterocycles. The second kappa shape index (κ2) is 4.67. The van der Waals surface area contributed by atoms with Gasteiger partial charge in [-0.25, -0.2) is 0 Å². The van der Waals surface area contributed by atoms with Crippen LogP contribution in [-0.4, -0.2) is 48.8 Å². The van der Waals surface area contributed by atoms with E-state index in [2.05, 4.69) is 13.8 Å². The monoisotopic (exact) mass is 282 g/mol. The summed E-state index contributed by atoms with van der Waals surface area (Å²) in [7, 11) is 0. The normalized spacial score (nSPS) is 53.1. The molecule has 4 aliphatic rings. The van der Waals surface area contributed by atoms with Gasteiger partial charge in [0.2, 0.25) is 0 Å². The average Bonchev–Trinajstić information content (AvgIpc) is 3.28. The number of hydrogen-bond acceptors (Lipinski definition) is 4. The second-order valence-corrected chi connectivity index (χ2v) is 7.31. The van der Waals surface area contributed by atoms with Crippen molar-refractivity contribution in [1.29, 1.82) is 0 Å². The summed E-state index contributed by atoms with van der Waals surface area (Å²) in [5.74, 6) is 0. The van der Waals surface area contributed by atoms with Gasteiger partial charge in [0.15, 0.2) is 0 Å². The van der Waals surface area contributed by atoms with Gasteiger partial charge < -0.3 is 18.9 Å². The van der Waals surface area contributed by atoms with Gasteiger partial charge in [-0.05, 0) is 52.4 Å². The van der Waals surface area contributed by atoms with Crippen LogP contribution < -0.4 is 0 Å². The van der Waals surface area contributed by atoms with Gasteiger partial charge in [0.1, 0.15) is 12.2 Å². The Kier molecular flexibility index (Phi) is 3.15. The molecule has 20 heavy (non-hydrogen) atoms. The van der Waals surface area contributed by atoms with Gasteiger partial charge in [-0.1, -0.05) is 0 Å². The molecule has 0 aromatic carbocycles. The SMILES string of the molecule is CC12CCCC(OCCOC3CCCC4(C)OC34)C1O2. The molecule has 0 aromatic rings. The lowest BCUT2D eigenvalue weighted by Crippen LogP contribution is -2.33. The van der Waals surface area contributed by atoms with E-state index >= 15 is 0 Å². The van der Waals surface area contributed by atoms with Crippen molar-refractivity contribution in [2.45, 2.75) is 88.0 Å². The zero-order valence-electron chi connectivity index (χ0n) is 12.6. The van der Waals surface area contributed by atoms with Crippen molar-refractivity contribution in [2.24, 2.45) is 0 Å². The third-order valence-corrected chi connectivity index (χ3v) is 5.63. The fourth-order valence-corrected chi connectivity index (χ4v) is 4.20. The Bertz CT molecular complexity index is 351. The van der Waals surface area contributed by atoms with Crippen LogP contribution in [0.3, 0.4) is 0 Å². The highest BCUT2D eigenvalue weighted by Crippen LogP contribution is 2.49. The topological polar surface area (TPSA) is 43.5 Å². The Morgan fingerprint density at radius 2 is 1.30 bits per heavy atom. The van der Waals surface area contributed by atoms with E-state index in [4.69, 9.17) is 18.9 Å². The zero-order valence-corrected chi connectivity index (χ0v) is 12.6. The maximum atomic E-state index is 5.98. The summed E-state index contributed by atoms with van der Waals surface area (Å²) in [4.78, 5) is 0. The smallest absolute Gasteiger partial charge is 0.113 e. The van der Waals surface area contributed by atoms with Gasteiger partial charge in [0.25, 0.3) is 0 Å². The van der Waals surface area contributed by atoms with Crippen molar-refractivity contribution in [3.63, 3.8) is 0 Å². The lowest BCUT2D eigenvalue weighted by atomic mass is 9.88. The molecule has 114 valence electrons. The number of fused-ring (bicyclic) bond motifs is 2. The molecule has 4 heteroatoms. The molecule has 6 unspecified atom stereocenters. The lowest BCUT2D eigenvalue weighted by molar-refractivity contribution is -0.0436. The number of ether oxygens (including phenoxy) is 4. The molecular weight excluding hydrogens is 256 g/mol. The molecule has 0 aromatic heterocycles. The molecule has 4 fully saturated rings. The van der Waals surface area contributed by atoms with Gasteiger partial charge in [0, 0.05) is 0 Å². The molecule has 0 bridgehead atoms. The molecular formula is C16H26O4. The van der Waals surface area contributed by atoms with Crippen molar-refractivity contribution in [2.75, 3.05) is 13.2 Å². The highest BCUT2D eigenvalue weighted by Gasteiger charge is 2.59. The minimum atomic E-state index is 0.122. The van der Waals surface area contributed by atoms with Crippen LogP contribution in [0.2, 0.25) is 0 Å². The van der Waals surface area contributed by atoms with E-state index < -0.39 is 0 Å². The lowest BCUT2D eigenvalue weighted by Gasteiger charge is -2.24. The van der Waals surface area contributed by atoms with Crippen molar-refractivity contribution in [1.82, 2.24) is 0 Å². The third kappa shape index (κ3) is 2.31. The molecule has 2 aliphatic heterocycles. The fraction of sp³-hybridized carbons (Fsp3) is 1.00. The largest absolute Gasteiger partial charge is 0.373 e. The number of hydrogen-bond donors (Lipinski definition) is 0. The molecule has 4 rings (SSSR count). The minimum Gasteiger partial charge on any atom is -0.373 e. The maximum absolute atomic E-state index is 5.98. The summed E-state index contributed by atoms with van der Waals surface area (Å²) < 4.78 is 23.5. The van der Waals surface area contributed by atoms with Crippen LogP contribution in [0.1, 0.15) is 52.4 Å². The molecule has 0 amide bonds. The van der Waals surface area contributed by atoms with Crippen LogP contribution in [0.4, 0.5) is 0 Å². The molecule has 2 saturated carbocycles. The minimum absolute atomic E-state index is 0.122. The standard InChI is InChI=1S/C16H26O4/c1-15-7-3-5-11(13(15)19-15)17-9-10-18-12-6-4-8-16(2)14(12)20-16/h11-14H,3-10H2,1-2H3. The molecule has 6 atom stereocenters. The van der Waals surface area contributed by atoms with E-state index in [1.807, 2.05) is 0 Å². The first kappa shape index (κ1) is 13.5. The van der Waals surface area contributed by atoms with E-state index in [-0.39, 0.29) is 23.4 Å². The molecule has 2 aliphatic carbocycles. The van der Waals surface area contributed by atoms with Crippen molar-refractivity contribution in [3.8, 4) is 0 Å². The summed E-state index contributed by atoms with van der Waals surface area (Å²) in [5.41, 5.74) is 0.244. The summed E-state index contributed by atoms with van der Waals surface area (Å²) in [6.07, 6.45) is 8.31. The van der Waals surface area contributed by atoms with E-state index in [0.29, 0.717) is 25.4 Å². The Balaban J connectivity index is 1.17. The van der Waals surface area contributed by atoms with Gasteiger partial charge in [0.05, 0.1) is 36.6 Å². The Labute approximate surface area is 121 Å². The summed E-state index contributed by atoms with van der Waals surface area (Å²) in [6.45, 7) is 5.77. The van der Waals surface area contributed by atoms with Crippen LogP contribution in [0, 0.1) is 0 Å². The molecule has 0 N–H and O–H groups in total. The first-order chi connectivity index (χ1) is 9.61. The van der Waals surface area contributed by atoms with Gasteiger partial charge in [-0.3, -0.25) is 0 Å². The molecule has 0 spiro atoms. The van der Waals surface area contributed by atoms with Crippen molar-refractivity contribution >= 4 is 0 Å². The van der Waals surface area contributed by atoms with Crippen molar-refractivity contribution in [3.05, 3.63) is 0 Å². The third-order valence-electron chi connectivity index (χ3n) is 5.63. The van der Waals surface area contributed by atoms with Crippen LogP contribution in [0.5, 0.6) is 0 Å². The van der Waals surface area contributed by atoms with Crippen LogP contribution >= 0.6 is 0 Å². The molecule has 4 nitrogen and oxygen atoms in total. The molecule has 0 radical (unpaired) electrons. The van der Waals surface area contributed by atoms with Crippen molar-refractivity contribution < 1.29 is 18.9 Å². The van der Waals surface area contributed by atoms with Crippen LogP contribution in [-0.2, 0) is 18.9 Å². The quantitative estimate of drug-likeness (QED) is 0.574. The van der Waals surface area contributed by atoms with E-state index in [9.17, 15) is 0 Å². The second-order valence-electron chi connectivity index (χ2n) is 7.31. The Morgan fingerprint density at radius 3 is 1.75 bits per heavy atom. The van der Waals surface area contributed by atoms with Crippen LogP contribution in [0.15, 0.2) is 0 Å². The van der Waals surface area contributed by atoms with E-state index in [1.165, 1.54) is 25.7 Å². The summed E-state index contributed by atoms with van der Waals surface area (Å²) in [5, 5.41) is 0. The first-order valence-electron chi connectivity index (χ1n) is 8.20. The molecule has 2 heterocycles. The fourth-order valence-electron chi connectivity index (χ4n) is 4.20. The number of rotatable bonds is 5. The van der Waals surface area contributed by atoms with Gasteiger partial charge in [-0.15, -0.1) is 0 Å². The highest BCUT2D eigenvalue weighted by atomic mass is 16.7. The number of epoxide rings is 2. The predicted octanol–water partition coefficient (Wildman–Crippen LogP) is 2.44. The van der Waals surface area contributed by atoms with Gasteiger partial charge >= 0.3 is 0 Å². The van der Waals surface area contributed by atoms with Crippen LogP contribution in [0.25, 0.3) is 0 Å². The first-order valence-corrected chi connectivity index (χ1v) is 8.20. The predicted molar refractivity (Wildman–Crippen MR) is 73.7 cm³/mol. The van der Waals surface area contributed by atoms with Gasteiger partial charge in [-0.2, -0.15) is 0 Å². The Hall–Kier alpha value is -0.160. The van der Waals surface area contributed by atoms with E-state index in [1.54, 1.807) is 0 Å². The zero-order chi connectivity index (χ0) is 13.8. The summed E-state index contributed by atoms with van der Waals surface area (Å²) in [6, 6.07) is 0. The highest BCUT2D eigenvalue weighted by molar-refractivity contribution is 5.07. The van der Waals surface area contributed by atoms with E-state index in [0.717, 1.165) is 12.8 Å². The maximum Gasteiger partial charge on any atom is 0.113 e. The Morgan fingerprint density at radius 1 is 0.850 bits per heavy atom. The summed E-state index contributed by atoms with van der Waals surface area (Å²) >= 11 is 0. The average molecular weight is 282 g/mol.